The van der Waals surface area contributed by atoms with Crippen molar-refractivity contribution in [2.24, 2.45) is 0 Å². The SMILES string of the molecule is CCSCCCNCCCN(CC)CC. The number of nitrogens with zero attached hydrogens (tertiary/aromatic N) is 1. The zero-order valence-corrected chi connectivity index (χ0v) is 11.5. The van der Waals surface area contributed by atoms with Crippen molar-refractivity contribution in [3.8, 4) is 0 Å². The Balaban J connectivity index is 3.04. The molecule has 0 bridgehead atoms. The summed E-state index contributed by atoms with van der Waals surface area (Å²) < 4.78 is 0. The Morgan fingerprint density at radius 2 is 1.67 bits per heavy atom. The van der Waals surface area contributed by atoms with Crippen molar-refractivity contribution >= 4 is 11.8 Å². The van der Waals surface area contributed by atoms with Crippen molar-refractivity contribution in [3.05, 3.63) is 0 Å². The maximum Gasteiger partial charge on any atom is -0.000687 e. The molecule has 0 fully saturated rings. The van der Waals surface area contributed by atoms with Crippen LogP contribution in [-0.4, -0.2) is 49.1 Å². The Kier molecular flexibility index (Phi) is 12.6. The van der Waals surface area contributed by atoms with E-state index in [1.54, 1.807) is 0 Å². The lowest BCUT2D eigenvalue weighted by Crippen LogP contribution is -2.27. The average molecular weight is 232 g/mol. The van der Waals surface area contributed by atoms with Gasteiger partial charge >= 0.3 is 0 Å². The molecule has 0 spiro atoms. The number of thioether (sulfide) groups is 1. The van der Waals surface area contributed by atoms with Gasteiger partial charge in [0.25, 0.3) is 0 Å². The fourth-order valence-electron chi connectivity index (χ4n) is 1.54. The molecule has 15 heavy (non-hydrogen) atoms. The standard InChI is InChI=1S/C12H28N2S/c1-4-14(5-2)11-7-9-13-10-8-12-15-6-3/h13H,4-12H2,1-3H3. The van der Waals surface area contributed by atoms with E-state index in [0.29, 0.717) is 0 Å². The second-order valence-electron chi connectivity index (χ2n) is 3.68. The Labute approximate surface area is 100 Å². The van der Waals surface area contributed by atoms with Crippen LogP contribution in [0.25, 0.3) is 0 Å². The number of hydrogen-bond acceptors (Lipinski definition) is 3. The molecule has 0 rings (SSSR count). The first kappa shape index (κ1) is 15.3. The highest BCUT2D eigenvalue weighted by Gasteiger charge is 1.97. The first-order valence-corrected chi connectivity index (χ1v) is 7.51. The van der Waals surface area contributed by atoms with Gasteiger partial charge < -0.3 is 10.2 Å². The van der Waals surface area contributed by atoms with Crippen molar-refractivity contribution in [2.75, 3.05) is 44.2 Å². The minimum absolute atomic E-state index is 1.17. The normalized spacial score (nSPS) is 11.2. The minimum Gasteiger partial charge on any atom is -0.317 e. The molecule has 0 unspecified atom stereocenters. The van der Waals surface area contributed by atoms with E-state index < -0.39 is 0 Å². The highest BCUT2D eigenvalue weighted by Crippen LogP contribution is 1.99. The van der Waals surface area contributed by atoms with Crippen LogP contribution in [0.5, 0.6) is 0 Å². The Morgan fingerprint density at radius 1 is 1.00 bits per heavy atom. The number of hydrogen-bond donors (Lipinski definition) is 1. The van der Waals surface area contributed by atoms with E-state index in [-0.39, 0.29) is 0 Å². The third-order valence-corrected chi connectivity index (χ3v) is 3.55. The molecule has 0 aliphatic heterocycles. The van der Waals surface area contributed by atoms with Crippen molar-refractivity contribution in [1.82, 2.24) is 10.2 Å². The van der Waals surface area contributed by atoms with Crippen LogP contribution in [0, 0.1) is 0 Å². The van der Waals surface area contributed by atoms with Gasteiger partial charge in [0.1, 0.15) is 0 Å². The molecule has 92 valence electrons. The van der Waals surface area contributed by atoms with Crippen molar-refractivity contribution < 1.29 is 0 Å². The predicted octanol–water partition coefficient (Wildman–Crippen LogP) is 2.45. The fraction of sp³-hybridized carbons (Fsp3) is 1.00. The Hall–Kier alpha value is 0.270. The lowest BCUT2D eigenvalue weighted by atomic mass is 10.3. The molecule has 0 aromatic heterocycles. The summed E-state index contributed by atoms with van der Waals surface area (Å²) in [6.07, 6.45) is 2.59. The van der Waals surface area contributed by atoms with E-state index in [1.807, 2.05) is 11.8 Å². The first-order chi connectivity index (χ1) is 7.35. The minimum atomic E-state index is 1.17. The van der Waals surface area contributed by atoms with Gasteiger partial charge in [-0.05, 0) is 57.1 Å². The third kappa shape index (κ3) is 10.6. The van der Waals surface area contributed by atoms with Crippen LogP contribution in [0.3, 0.4) is 0 Å². The molecular formula is C12H28N2S. The fourth-order valence-corrected chi connectivity index (χ4v) is 2.17. The van der Waals surface area contributed by atoms with Crippen molar-refractivity contribution in [3.63, 3.8) is 0 Å². The Morgan fingerprint density at radius 3 is 2.27 bits per heavy atom. The van der Waals surface area contributed by atoms with Crippen LogP contribution in [0.4, 0.5) is 0 Å². The van der Waals surface area contributed by atoms with E-state index in [4.69, 9.17) is 0 Å². The van der Waals surface area contributed by atoms with Crippen LogP contribution in [0.1, 0.15) is 33.6 Å². The lowest BCUT2D eigenvalue weighted by Gasteiger charge is -2.17. The quantitative estimate of drug-likeness (QED) is 0.551. The summed E-state index contributed by atoms with van der Waals surface area (Å²) in [4.78, 5) is 2.48. The molecule has 0 amide bonds. The van der Waals surface area contributed by atoms with Gasteiger partial charge in [-0.15, -0.1) is 0 Å². The van der Waals surface area contributed by atoms with Crippen LogP contribution >= 0.6 is 11.8 Å². The summed E-state index contributed by atoms with van der Waals surface area (Å²) in [6, 6.07) is 0. The highest BCUT2D eigenvalue weighted by molar-refractivity contribution is 7.99. The summed E-state index contributed by atoms with van der Waals surface area (Å²) in [5.41, 5.74) is 0. The van der Waals surface area contributed by atoms with Gasteiger partial charge in [-0.3, -0.25) is 0 Å². The molecule has 0 aromatic rings. The molecule has 0 aromatic carbocycles. The molecule has 0 aliphatic carbocycles. The first-order valence-electron chi connectivity index (χ1n) is 6.35. The molecule has 0 atom stereocenters. The molecule has 0 saturated carbocycles. The number of nitrogens with one attached hydrogen (secondary N) is 1. The van der Waals surface area contributed by atoms with Crippen molar-refractivity contribution in [1.29, 1.82) is 0 Å². The van der Waals surface area contributed by atoms with Crippen LogP contribution < -0.4 is 5.32 Å². The lowest BCUT2D eigenvalue weighted by molar-refractivity contribution is 0.298. The third-order valence-electron chi connectivity index (χ3n) is 2.57. The molecular weight excluding hydrogens is 204 g/mol. The summed E-state index contributed by atoms with van der Waals surface area (Å²) in [6.45, 7) is 12.7. The second kappa shape index (κ2) is 12.3. The molecule has 0 radical (unpaired) electrons. The largest absolute Gasteiger partial charge is 0.317 e. The Bertz CT molecular complexity index is 116. The maximum absolute atomic E-state index is 3.51. The highest BCUT2D eigenvalue weighted by atomic mass is 32.2. The van der Waals surface area contributed by atoms with Gasteiger partial charge in [0.05, 0.1) is 0 Å². The smallest absolute Gasteiger partial charge is 0.000687 e. The molecule has 0 saturated heterocycles. The second-order valence-corrected chi connectivity index (χ2v) is 5.07. The number of rotatable bonds is 11. The van der Waals surface area contributed by atoms with Gasteiger partial charge in [0, 0.05) is 0 Å². The van der Waals surface area contributed by atoms with Gasteiger partial charge in [-0.2, -0.15) is 11.8 Å². The van der Waals surface area contributed by atoms with E-state index in [1.165, 1.54) is 57.1 Å². The summed E-state index contributed by atoms with van der Waals surface area (Å²) in [5, 5.41) is 3.51. The maximum atomic E-state index is 3.51. The topological polar surface area (TPSA) is 15.3 Å². The van der Waals surface area contributed by atoms with Gasteiger partial charge in [-0.1, -0.05) is 20.8 Å². The molecule has 1 N–H and O–H groups in total. The molecule has 0 aliphatic rings. The van der Waals surface area contributed by atoms with Gasteiger partial charge in [0.15, 0.2) is 0 Å². The zero-order valence-electron chi connectivity index (χ0n) is 10.7. The predicted molar refractivity (Wildman–Crippen MR) is 72.9 cm³/mol. The van der Waals surface area contributed by atoms with Crippen LogP contribution in [-0.2, 0) is 0 Å². The molecule has 3 heteroatoms. The van der Waals surface area contributed by atoms with Gasteiger partial charge in [-0.25, -0.2) is 0 Å². The molecule has 2 nitrogen and oxygen atoms in total. The average Bonchev–Trinajstić information content (AvgIpc) is 2.27. The van der Waals surface area contributed by atoms with Crippen LogP contribution in [0.15, 0.2) is 0 Å². The zero-order chi connectivity index (χ0) is 11.4. The van der Waals surface area contributed by atoms with E-state index in [0.717, 1.165) is 0 Å². The van der Waals surface area contributed by atoms with E-state index >= 15 is 0 Å². The molecule has 0 heterocycles. The monoisotopic (exact) mass is 232 g/mol. The van der Waals surface area contributed by atoms with Crippen LogP contribution in [0.2, 0.25) is 0 Å². The summed E-state index contributed by atoms with van der Waals surface area (Å²) in [5.74, 6) is 2.56. The summed E-state index contributed by atoms with van der Waals surface area (Å²) >= 11 is 2.04. The van der Waals surface area contributed by atoms with E-state index in [9.17, 15) is 0 Å². The van der Waals surface area contributed by atoms with E-state index in [2.05, 4.69) is 31.0 Å². The van der Waals surface area contributed by atoms with Crippen molar-refractivity contribution in [2.45, 2.75) is 33.6 Å². The summed E-state index contributed by atoms with van der Waals surface area (Å²) in [7, 11) is 0. The van der Waals surface area contributed by atoms with Gasteiger partial charge in [0.2, 0.25) is 0 Å².